The molecule has 0 fully saturated rings. The molecule has 0 aliphatic carbocycles. The van der Waals surface area contributed by atoms with Crippen LogP contribution < -0.4 is 9.64 Å². The van der Waals surface area contributed by atoms with E-state index in [-0.39, 0.29) is 0 Å². The molecule has 0 unspecified atom stereocenters. The van der Waals surface area contributed by atoms with Crippen LogP contribution in [-0.4, -0.2) is 25.7 Å². The summed E-state index contributed by atoms with van der Waals surface area (Å²) in [5, 5.41) is 9.08. The van der Waals surface area contributed by atoms with Gasteiger partial charge in [0.2, 0.25) is 0 Å². The average Bonchev–Trinajstić information content (AvgIpc) is 2.53. The Labute approximate surface area is 119 Å². The number of nitrogens with zero attached hydrogens (tertiary/aromatic N) is 3. The van der Waals surface area contributed by atoms with Crippen LogP contribution in [0.2, 0.25) is 0 Å². The molecule has 0 amide bonds. The quantitative estimate of drug-likeness (QED) is 0.835. The predicted molar refractivity (Wildman–Crippen MR) is 78.9 cm³/mol. The van der Waals surface area contributed by atoms with Crippen molar-refractivity contribution in [2.75, 3.05) is 25.6 Å². The van der Waals surface area contributed by atoms with E-state index in [0.717, 1.165) is 24.5 Å². The minimum Gasteiger partial charge on any atom is -0.497 e. The lowest BCUT2D eigenvalue weighted by atomic mass is 10.1. The third kappa shape index (κ3) is 3.27. The van der Waals surface area contributed by atoms with E-state index < -0.39 is 0 Å². The number of methoxy groups -OCH3 is 1. The Balaban J connectivity index is 2.01. The normalized spacial score (nSPS) is 9.85. The van der Waals surface area contributed by atoms with Crippen LogP contribution in [0.3, 0.4) is 0 Å². The monoisotopic (exact) mass is 267 g/mol. The summed E-state index contributed by atoms with van der Waals surface area (Å²) in [5.74, 6) is 1.59. The molecule has 0 radical (unpaired) electrons. The second-order valence-corrected chi connectivity index (χ2v) is 4.51. The van der Waals surface area contributed by atoms with Crippen molar-refractivity contribution in [2.24, 2.45) is 0 Å². The number of ether oxygens (including phenoxy) is 1. The third-order valence-corrected chi connectivity index (χ3v) is 3.16. The molecule has 0 aliphatic heterocycles. The van der Waals surface area contributed by atoms with Crippen molar-refractivity contribution in [1.29, 1.82) is 5.26 Å². The first-order valence-electron chi connectivity index (χ1n) is 6.44. The van der Waals surface area contributed by atoms with E-state index in [1.54, 1.807) is 25.4 Å². The van der Waals surface area contributed by atoms with E-state index in [2.05, 4.69) is 23.2 Å². The number of rotatable bonds is 5. The van der Waals surface area contributed by atoms with Crippen LogP contribution in [0.25, 0.3) is 0 Å². The van der Waals surface area contributed by atoms with Crippen LogP contribution in [0, 0.1) is 11.3 Å². The summed E-state index contributed by atoms with van der Waals surface area (Å²) < 4.78 is 5.14. The van der Waals surface area contributed by atoms with Crippen LogP contribution in [0.15, 0.2) is 42.6 Å². The number of hydrogen-bond acceptors (Lipinski definition) is 4. The maximum atomic E-state index is 9.08. The van der Waals surface area contributed by atoms with Gasteiger partial charge in [0.15, 0.2) is 0 Å². The number of anilines is 1. The maximum Gasteiger partial charge on any atom is 0.146 e. The lowest BCUT2D eigenvalue weighted by molar-refractivity contribution is 0.414. The fourth-order valence-corrected chi connectivity index (χ4v) is 1.98. The topological polar surface area (TPSA) is 49.1 Å². The van der Waals surface area contributed by atoms with Crippen molar-refractivity contribution in [3.05, 3.63) is 53.7 Å². The number of likely N-dealkylation sites (N-methyl/N-ethyl adjacent to an activating group) is 1. The van der Waals surface area contributed by atoms with Crippen LogP contribution in [0.5, 0.6) is 5.75 Å². The highest BCUT2D eigenvalue weighted by Gasteiger charge is 2.08. The van der Waals surface area contributed by atoms with Crippen LogP contribution >= 0.6 is 0 Å². The number of nitriles is 1. The minimum absolute atomic E-state index is 0.602. The fraction of sp³-hybridized carbons (Fsp3) is 0.250. The van der Waals surface area contributed by atoms with E-state index in [4.69, 9.17) is 10.00 Å². The van der Waals surface area contributed by atoms with E-state index >= 15 is 0 Å². The summed E-state index contributed by atoms with van der Waals surface area (Å²) in [6.45, 7) is 0.804. The Kier molecular flexibility index (Phi) is 4.56. The summed E-state index contributed by atoms with van der Waals surface area (Å²) in [6.07, 6.45) is 2.60. The first-order valence-corrected chi connectivity index (χ1v) is 6.44. The van der Waals surface area contributed by atoms with Gasteiger partial charge in [0.1, 0.15) is 17.6 Å². The number of aromatic nitrogens is 1. The Morgan fingerprint density at radius 2 is 2.00 bits per heavy atom. The largest absolute Gasteiger partial charge is 0.497 e. The van der Waals surface area contributed by atoms with Gasteiger partial charge in [-0.3, -0.25) is 0 Å². The smallest absolute Gasteiger partial charge is 0.146 e. The first kappa shape index (κ1) is 13.9. The second kappa shape index (κ2) is 6.58. The molecule has 20 heavy (non-hydrogen) atoms. The van der Waals surface area contributed by atoms with Gasteiger partial charge in [0.25, 0.3) is 0 Å². The maximum absolute atomic E-state index is 9.08. The van der Waals surface area contributed by atoms with E-state index in [9.17, 15) is 0 Å². The van der Waals surface area contributed by atoms with Crippen molar-refractivity contribution in [1.82, 2.24) is 4.98 Å². The van der Waals surface area contributed by atoms with Gasteiger partial charge in [0, 0.05) is 19.8 Å². The van der Waals surface area contributed by atoms with E-state index in [0.29, 0.717) is 5.56 Å². The van der Waals surface area contributed by atoms with Gasteiger partial charge in [-0.25, -0.2) is 4.98 Å². The Morgan fingerprint density at radius 3 is 2.65 bits per heavy atom. The zero-order valence-corrected chi connectivity index (χ0v) is 11.7. The number of hydrogen-bond donors (Lipinski definition) is 0. The molecule has 4 heteroatoms. The molecule has 0 aliphatic rings. The van der Waals surface area contributed by atoms with Crippen LogP contribution in [0.1, 0.15) is 11.1 Å². The van der Waals surface area contributed by atoms with Gasteiger partial charge >= 0.3 is 0 Å². The SMILES string of the molecule is COc1ccc(CCN(C)c2ncccc2C#N)cc1. The van der Waals surface area contributed by atoms with E-state index in [1.165, 1.54) is 5.56 Å². The highest BCUT2D eigenvalue weighted by molar-refractivity contribution is 5.52. The lowest BCUT2D eigenvalue weighted by Crippen LogP contribution is -2.22. The molecule has 0 bridgehead atoms. The molecule has 0 N–H and O–H groups in total. The zero-order valence-electron chi connectivity index (χ0n) is 11.7. The van der Waals surface area contributed by atoms with Crippen LogP contribution in [-0.2, 0) is 6.42 Å². The Hall–Kier alpha value is -2.54. The number of pyridine rings is 1. The molecular formula is C16H17N3O. The Bertz CT molecular complexity index is 602. The summed E-state index contributed by atoms with van der Waals surface area (Å²) in [4.78, 5) is 6.28. The van der Waals surface area contributed by atoms with Gasteiger partial charge in [-0.05, 0) is 36.2 Å². The molecule has 0 spiro atoms. The van der Waals surface area contributed by atoms with Gasteiger partial charge in [-0.15, -0.1) is 0 Å². The van der Waals surface area contributed by atoms with Crippen molar-refractivity contribution in [3.8, 4) is 11.8 Å². The first-order chi connectivity index (χ1) is 9.74. The molecule has 2 rings (SSSR count). The molecule has 0 atom stereocenters. The number of benzene rings is 1. The van der Waals surface area contributed by atoms with Gasteiger partial charge in [-0.1, -0.05) is 12.1 Å². The lowest BCUT2D eigenvalue weighted by Gasteiger charge is -2.19. The van der Waals surface area contributed by atoms with Crippen molar-refractivity contribution >= 4 is 5.82 Å². The summed E-state index contributed by atoms with van der Waals surface area (Å²) in [6, 6.07) is 13.7. The van der Waals surface area contributed by atoms with Gasteiger partial charge < -0.3 is 9.64 Å². The molecule has 0 saturated carbocycles. The highest BCUT2D eigenvalue weighted by atomic mass is 16.5. The van der Waals surface area contributed by atoms with Crippen LogP contribution in [0.4, 0.5) is 5.82 Å². The molecule has 1 aromatic heterocycles. The average molecular weight is 267 g/mol. The second-order valence-electron chi connectivity index (χ2n) is 4.51. The zero-order chi connectivity index (χ0) is 14.4. The minimum atomic E-state index is 0.602. The fourth-order valence-electron chi connectivity index (χ4n) is 1.98. The molecule has 2 aromatic rings. The highest BCUT2D eigenvalue weighted by Crippen LogP contribution is 2.16. The molecule has 0 saturated heterocycles. The van der Waals surface area contributed by atoms with Gasteiger partial charge in [0.05, 0.1) is 12.7 Å². The Morgan fingerprint density at radius 1 is 1.25 bits per heavy atom. The molecular weight excluding hydrogens is 250 g/mol. The molecule has 102 valence electrons. The van der Waals surface area contributed by atoms with Crippen molar-refractivity contribution in [2.45, 2.75) is 6.42 Å². The van der Waals surface area contributed by atoms with Crippen molar-refractivity contribution in [3.63, 3.8) is 0 Å². The third-order valence-electron chi connectivity index (χ3n) is 3.16. The summed E-state index contributed by atoms with van der Waals surface area (Å²) >= 11 is 0. The molecule has 4 nitrogen and oxygen atoms in total. The summed E-state index contributed by atoms with van der Waals surface area (Å²) in [5.41, 5.74) is 1.83. The molecule has 1 aromatic carbocycles. The molecule has 1 heterocycles. The van der Waals surface area contributed by atoms with Crippen molar-refractivity contribution < 1.29 is 4.74 Å². The standard InChI is InChI=1S/C16H17N3O/c1-19(16-14(12-17)4-3-10-18-16)11-9-13-5-7-15(20-2)8-6-13/h3-8,10H,9,11H2,1-2H3. The van der Waals surface area contributed by atoms with Gasteiger partial charge in [-0.2, -0.15) is 5.26 Å². The predicted octanol–water partition coefficient (Wildman–Crippen LogP) is 2.64. The van der Waals surface area contributed by atoms with E-state index in [1.807, 2.05) is 24.1 Å². The summed E-state index contributed by atoms with van der Waals surface area (Å²) in [7, 11) is 3.61.